The van der Waals surface area contributed by atoms with Gasteiger partial charge in [-0.1, -0.05) is 35.9 Å². The minimum absolute atomic E-state index is 0.0732. The van der Waals surface area contributed by atoms with Gasteiger partial charge in [-0.2, -0.15) is 9.59 Å². The molecule has 8 aromatic rings. The number of rotatable bonds is 10. The van der Waals surface area contributed by atoms with Gasteiger partial charge in [-0.15, -0.1) is 20.4 Å². The van der Waals surface area contributed by atoms with Crippen molar-refractivity contribution < 1.29 is 19.1 Å². The first-order valence-electron chi connectivity index (χ1n) is 21.4. The molecule has 352 valence electrons. The Balaban J connectivity index is 0.000000163. The molecule has 0 spiro atoms. The topological polar surface area (TPSA) is 248 Å². The number of carbonyl (C=O) groups excluding carboxylic acids is 2. The highest BCUT2D eigenvalue weighted by atomic mass is 35.5. The molecule has 2 aliphatic rings. The summed E-state index contributed by atoms with van der Waals surface area (Å²) in [5.74, 6) is 2.38. The van der Waals surface area contributed by atoms with Crippen LogP contribution in [0.25, 0.3) is 22.8 Å². The van der Waals surface area contributed by atoms with Crippen molar-refractivity contribution in [1.82, 2.24) is 70.2 Å². The second-order valence-electron chi connectivity index (χ2n) is 16.0. The van der Waals surface area contributed by atoms with E-state index in [4.69, 9.17) is 31.8 Å². The van der Waals surface area contributed by atoms with Crippen LogP contribution < -0.4 is 25.8 Å². The molecule has 69 heavy (non-hydrogen) atoms. The number of amides is 2. The molecular weight excluding hydrogens is 902 g/mol. The first-order valence-corrected chi connectivity index (χ1v) is 21.8. The fourth-order valence-corrected chi connectivity index (χ4v) is 7.98. The quantitative estimate of drug-likeness (QED) is 0.130. The molecule has 0 aliphatic carbocycles. The van der Waals surface area contributed by atoms with E-state index >= 15 is 0 Å². The summed E-state index contributed by atoms with van der Waals surface area (Å²) in [7, 11) is 10.0. The predicted octanol–water partition coefficient (Wildman–Crippen LogP) is 6.14. The van der Waals surface area contributed by atoms with Crippen LogP contribution in [0, 0.1) is 13.8 Å². The molecule has 2 aliphatic heterocycles. The third kappa shape index (κ3) is 10.4. The maximum absolute atomic E-state index is 12.9. The smallest absolute Gasteiger partial charge is 0.257 e. The number of fused-ring (bicyclic) bond motifs is 2. The van der Waals surface area contributed by atoms with Crippen molar-refractivity contribution in [3.05, 3.63) is 135 Å². The zero-order valence-corrected chi connectivity index (χ0v) is 39.8. The standard InChI is InChI=1S/C24H24N8O2.C17H16ClN7O2.C6H8N2/c1-14-7-5-8-15(25-14)11-16-12-19(21-20(26-16)13-31(2)24(21)33)27-18-10-6-9-17(22(18)34-4)23-28-30-32(3)29-23;1-24-8-12-14(17(24)26)11(7-13(18)20-12)19-10-6-4-5-9(15(10)27-3)16-21-23-25(2)22-16;1-5-3-2-4-6(7)8-5/h5-10,12H,11,13H2,1-4H3,(H,26,27);4-7H,8H2,1-3H3,(H,19,20);2-4H,1H3,(H2,7,8). The number of hydrogen-bond donors (Lipinski definition) is 3. The van der Waals surface area contributed by atoms with Crippen LogP contribution in [0.5, 0.6) is 11.5 Å². The van der Waals surface area contributed by atoms with Gasteiger partial charge in [0.2, 0.25) is 11.6 Å². The van der Waals surface area contributed by atoms with Crippen molar-refractivity contribution in [2.75, 3.05) is 44.7 Å². The number of nitrogens with zero attached hydrogens (tertiary/aromatic N) is 14. The number of tetrazole rings is 2. The number of nitrogens with one attached hydrogen (secondary N) is 2. The van der Waals surface area contributed by atoms with Crippen molar-refractivity contribution in [3.63, 3.8) is 0 Å². The first kappa shape index (κ1) is 46.9. The van der Waals surface area contributed by atoms with Crippen molar-refractivity contribution in [2.45, 2.75) is 33.4 Å². The zero-order valence-electron chi connectivity index (χ0n) is 39.1. The lowest BCUT2D eigenvalue weighted by Gasteiger charge is -2.16. The Hall–Kier alpha value is -8.59. The number of para-hydroxylation sites is 2. The van der Waals surface area contributed by atoms with Crippen molar-refractivity contribution in [3.8, 4) is 34.3 Å². The summed E-state index contributed by atoms with van der Waals surface area (Å²) >= 11 is 6.15. The highest BCUT2D eigenvalue weighted by Gasteiger charge is 2.32. The summed E-state index contributed by atoms with van der Waals surface area (Å²) in [4.78, 5) is 49.1. The van der Waals surface area contributed by atoms with Gasteiger partial charge in [0.25, 0.3) is 11.8 Å². The fourth-order valence-electron chi connectivity index (χ4n) is 7.77. The Kier molecular flexibility index (Phi) is 13.7. The maximum atomic E-state index is 12.9. The SMILES string of the molecule is COc1c(Nc2cc(Cc3cccc(C)n3)nc3c2C(=O)N(C)C3)cccc1-c1nnn(C)n1.COc1c(Nc2cc(Cl)nc3c2C(=O)N(C)C3)cccc1-c1nnn(C)n1.Cc1cccc(N)n1. The average molecular weight is 950 g/mol. The van der Waals surface area contributed by atoms with Gasteiger partial charge in [0.05, 0.1) is 97.8 Å². The third-order valence-corrected chi connectivity index (χ3v) is 11.0. The van der Waals surface area contributed by atoms with Crippen LogP contribution in [-0.4, -0.2) is 110 Å². The van der Waals surface area contributed by atoms with E-state index < -0.39 is 0 Å². The van der Waals surface area contributed by atoms with Crippen molar-refractivity contribution in [2.24, 2.45) is 14.1 Å². The number of carbonyl (C=O) groups is 2. The molecule has 22 heteroatoms. The Morgan fingerprint density at radius 1 is 0.609 bits per heavy atom. The number of aryl methyl sites for hydroxylation is 4. The highest BCUT2D eigenvalue weighted by molar-refractivity contribution is 6.30. The number of methoxy groups -OCH3 is 2. The van der Waals surface area contributed by atoms with E-state index in [1.165, 1.54) is 9.59 Å². The lowest BCUT2D eigenvalue weighted by atomic mass is 10.1. The number of nitrogens with two attached hydrogens (primary N) is 1. The highest BCUT2D eigenvalue weighted by Crippen LogP contribution is 2.40. The molecule has 21 nitrogen and oxygen atoms in total. The summed E-state index contributed by atoms with van der Waals surface area (Å²) in [6.07, 6.45) is 0.558. The van der Waals surface area contributed by atoms with Crippen LogP contribution in [0.1, 0.15) is 54.9 Å². The van der Waals surface area contributed by atoms with Crippen LogP contribution in [0.2, 0.25) is 5.15 Å². The number of nitrogen functional groups attached to an aromatic ring is 1. The largest absolute Gasteiger partial charge is 0.494 e. The summed E-state index contributed by atoms with van der Waals surface area (Å²) in [5, 5.41) is 31.4. The van der Waals surface area contributed by atoms with Crippen molar-refractivity contribution >= 4 is 52.0 Å². The Labute approximate surface area is 401 Å². The molecular formula is C47H48ClN17O4. The summed E-state index contributed by atoms with van der Waals surface area (Å²) < 4.78 is 11.3. The maximum Gasteiger partial charge on any atom is 0.257 e. The van der Waals surface area contributed by atoms with E-state index in [1.54, 1.807) is 64.3 Å². The van der Waals surface area contributed by atoms with Gasteiger partial charge in [-0.3, -0.25) is 19.6 Å². The number of hydrogen-bond acceptors (Lipinski definition) is 17. The normalized spacial score (nSPS) is 12.4. The molecule has 6 aromatic heterocycles. The second kappa shape index (κ2) is 20.1. The van der Waals surface area contributed by atoms with Gasteiger partial charge in [-0.05, 0) is 84.9 Å². The number of ether oxygens (including phenoxy) is 2. The Bertz CT molecular complexity index is 3190. The van der Waals surface area contributed by atoms with Gasteiger partial charge in [0.1, 0.15) is 11.0 Å². The van der Waals surface area contributed by atoms with Gasteiger partial charge in [0.15, 0.2) is 11.5 Å². The molecule has 8 heterocycles. The number of pyridine rings is 4. The first-order chi connectivity index (χ1) is 33.2. The van der Waals surface area contributed by atoms with Crippen LogP contribution >= 0.6 is 11.6 Å². The number of benzene rings is 2. The molecule has 0 atom stereocenters. The average Bonchev–Trinajstić information content (AvgIpc) is 4.09. The van der Waals surface area contributed by atoms with Crippen LogP contribution in [0.3, 0.4) is 0 Å². The lowest BCUT2D eigenvalue weighted by Crippen LogP contribution is -2.18. The van der Waals surface area contributed by atoms with Crippen LogP contribution in [0.15, 0.2) is 84.9 Å². The number of halogens is 1. The van der Waals surface area contributed by atoms with Crippen LogP contribution in [-0.2, 0) is 33.6 Å². The van der Waals surface area contributed by atoms with E-state index in [9.17, 15) is 9.59 Å². The van der Waals surface area contributed by atoms with E-state index in [0.29, 0.717) is 104 Å². The van der Waals surface area contributed by atoms with Gasteiger partial charge >= 0.3 is 0 Å². The molecule has 10 rings (SSSR count). The molecule has 2 aromatic carbocycles. The minimum atomic E-state index is -0.109. The molecule has 0 saturated carbocycles. The van der Waals surface area contributed by atoms with E-state index in [1.807, 2.05) is 86.6 Å². The van der Waals surface area contributed by atoms with Gasteiger partial charge in [0, 0.05) is 43.3 Å². The van der Waals surface area contributed by atoms with E-state index in [2.05, 4.69) is 56.4 Å². The van der Waals surface area contributed by atoms with Crippen molar-refractivity contribution in [1.29, 1.82) is 0 Å². The molecule has 0 radical (unpaired) electrons. The zero-order chi connectivity index (χ0) is 48.9. The molecule has 4 N–H and O–H groups in total. The number of aromatic nitrogens is 12. The Morgan fingerprint density at radius 3 is 1.57 bits per heavy atom. The minimum Gasteiger partial charge on any atom is -0.494 e. The lowest BCUT2D eigenvalue weighted by molar-refractivity contribution is 0.0809. The monoisotopic (exact) mass is 949 g/mol. The van der Waals surface area contributed by atoms with Gasteiger partial charge in [-0.25, -0.2) is 9.97 Å². The fraction of sp³-hybridized carbons (Fsp3) is 0.234. The van der Waals surface area contributed by atoms with E-state index in [-0.39, 0.29) is 11.8 Å². The molecule has 0 bridgehead atoms. The predicted molar refractivity (Wildman–Crippen MR) is 258 cm³/mol. The summed E-state index contributed by atoms with van der Waals surface area (Å²) in [5.41, 5.74) is 15.4. The molecule has 0 fully saturated rings. The second-order valence-corrected chi connectivity index (χ2v) is 16.4. The van der Waals surface area contributed by atoms with Gasteiger partial charge < -0.3 is 35.6 Å². The summed E-state index contributed by atoms with van der Waals surface area (Å²) in [6, 6.07) is 26.2. The molecule has 2 amide bonds. The summed E-state index contributed by atoms with van der Waals surface area (Å²) in [6.45, 7) is 4.75. The van der Waals surface area contributed by atoms with E-state index in [0.717, 1.165) is 28.5 Å². The number of anilines is 5. The Morgan fingerprint density at radius 2 is 1.10 bits per heavy atom. The third-order valence-electron chi connectivity index (χ3n) is 10.8. The van der Waals surface area contributed by atoms with Crippen LogP contribution in [0.4, 0.5) is 28.6 Å². The molecule has 0 saturated heterocycles. The molecule has 0 unspecified atom stereocenters.